The molecule has 0 aliphatic rings. The SMILES string of the molecule is COc1c(C)cc(CN(C)N)cc1C. The van der Waals surface area contributed by atoms with Crippen LogP contribution in [0.1, 0.15) is 16.7 Å². The van der Waals surface area contributed by atoms with Crippen molar-refractivity contribution in [2.24, 2.45) is 5.84 Å². The second kappa shape index (κ2) is 4.44. The lowest BCUT2D eigenvalue weighted by Gasteiger charge is -2.14. The molecule has 0 aliphatic heterocycles. The highest BCUT2D eigenvalue weighted by Gasteiger charge is 2.05. The lowest BCUT2D eigenvalue weighted by Crippen LogP contribution is -2.25. The highest BCUT2D eigenvalue weighted by atomic mass is 16.5. The Hall–Kier alpha value is -1.06. The number of rotatable bonds is 3. The summed E-state index contributed by atoms with van der Waals surface area (Å²) in [4.78, 5) is 0. The summed E-state index contributed by atoms with van der Waals surface area (Å²) < 4.78 is 5.29. The molecule has 1 aromatic rings. The topological polar surface area (TPSA) is 38.5 Å². The van der Waals surface area contributed by atoms with Crippen molar-refractivity contribution in [3.05, 3.63) is 28.8 Å². The number of nitrogens with two attached hydrogens (primary N) is 1. The highest BCUT2D eigenvalue weighted by Crippen LogP contribution is 2.24. The number of nitrogens with zero attached hydrogens (tertiary/aromatic N) is 1. The summed E-state index contributed by atoms with van der Waals surface area (Å²) in [7, 11) is 3.55. The first-order chi connectivity index (χ1) is 6.54. The van der Waals surface area contributed by atoms with E-state index in [4.69, 9.17) is 10.6 Å². The van der Waals surface area contributed by atoms with Gasteiger partial charge in [-0.2, -0.15) is 0 Å². The van der Waals surface area contributed by atoms with E-state index in [0.29, 0.717) is 0 Å². The van der Waals surface area contributed by atoms with Crippen LogP contribution >= 0.6 is 0 Å². The molecule has 0 spiro atoms. The van der Waals surface area contributed by atoms with Crippen molar-refractivity contribution in [2.45, 2.75) is 20.4 Å². The molecule has 0 atom stereocenters. The van der Waals surface area contributed by atoms with Crippen molar-refractivity contribution in [3.8, 4) is 5.75 Å². The third-order valence-electron chi connectivity index (χ3n) is 2.16. The molecule has 0 saturated carbocycles. The maximum absolute atomic E-state index is 5.60. The first kappa shape index (κ1) is 11.0. The maximum atomic E-state index is 5.60. The predicted molar refractivity (Wildman–Crippen MR) is 58.1 cm³/mol. The minimum Gasteiger partial charge on any atom is -0.496 e. The molecule has 3 heteroatoms. The molecular weight excluding hydrogens is 176 g/mol. The van der Waals surface area contributed by atoms with E-state index < -0.39 is 0 Å². The minimum absolute atomic E-state index is 0.756. The Labute approximate surface area is 85.4 Å². The second-order valence-electron chi connectivity index (χ2n) is 3.68. The number of hydrazine groups is 1. The second-order valence-corrected chi connectivity index (χ2v) is 3.68. The molecule has 0 unspecified atom stereocenters. The first-order valence-electron chi connectivity index (χ1n) is 4.64. The quantitative estimate of drug-likeness (QED) is 0.587. The van der Waals surface area contributed by atoms with Crippen LogP contribution in [-0.2, 0) is 6.54 Å². The Balaban J connectivity index is 3.01. The van der Waals surface area contributed by atoms with Gasteiger partial charge in [0.1, 0.15) is 5.75 Å². The van der Waals surface area contributed by atoms with E-state index in [1.807, 2.05) is 20.9 Å². The molecule has 0 aliphatic carbocycles. The lowest BCUT2D eigenvalue weighted by atomic mass is 10.1. The van der Waals surface area contributed by atoms with Crippen LogP contribution in [0.25, 0.3) is 0 Å². The number of aryl methyl sites for hydroxylation is 2. The van der Waals surface area contributed by atoms with E-state index in [9.17, 15) is 0 Å². The van der Waals surface area contributed by atoms with Gasteiger partial charge < -0.3 is 4.74 Å². The fourth-order valence-corrected chi connectivity index (χ4v) is 1.74. The molecule has 0 radical (unpaired) electrons. The molecule has 14 heavy (non-hydrogen) atoms. The van der Waals surface area contributed by atoms with Crippen LogP contribution in [0.2, 0.25) is 0 Å². The number of ether oxygens (including phenoxy) is 1. The van der Waals surface area contributed by atoms with E-state index >= 15 is 0 Å². The van der Waals surface area contributed by atoms with Crippen molar-refractivity contribution in [2.75, 3.05) is 14.2 Å². The van der Waals surface area contributed by atoms with Gasteiger partial charge in [0, 0.05) is 13.6 Å². The van der Waals surface area contributed by atoms with Gasteiger partial charge in [-0.3, -0.25) is 5.84 Å². The lowest BCUT2D eigenvalue weighted by molar-refractivity contribution is 0.341. The van der Waals surface area contributed by atoms with E-state index in [2.05, 4.69) is 12.1 Å². The fraction of sp³-hybridized carbons (Fsp3) is 0.455. The van der Waals surface area contributed by atoms with Crippen LogP contribution < -0.4 is 10.6 Å². The minimum atomic E-state index is 0.756. The van der Waals surface area contributed by atoms with Crippen LogP contribution in [0.15, 0.2) is 12.1 Å². The molecule has 0 fully saturated rings. The van der Waals surface area contributed by atoms with Gasteiger partial charge in [0.2, 0.25) is 0 Å². The van der Waals surface area contributed by atoms with Gasteiger partial charge in [-0.1, -0.05) is 12.1 Å². The Kier molecular flexibility index (Phi) is 3.49. The zero-order valence-corrected chi connectivity index (χ0v) is 9.29. The van der Waals surface area contributed by atoms with Gasteiger partial charge in [-0.05, 0) is 30.5 Å². The van der Waals surface area contributed by atoms with Gasteiger partial charge >= 0.3 is 0 Å². The summed E-state index contributed by atoms with van der Waals surface area (Å²) in [5, 5.41) is 1.67. The Bertz CT molecular complexity index is 298. The van der Waals surface area contributed by atoms with Crippen LogP contribution in [-0.4, -0.2) is 19.2 Å². The molecule has 2 N–H and O–H groups in total. The van der Waals surface area contributed by atoms with Crippen molar-refractivity contribution in [1.29, 1.82) is 0 Å². The van der Waals surface area contributed by atoms with Gasteiger partial charge in [0.15, 0.2) is 0 Å². The summed E-state index contributed by atoms with van der Waals surface area (Å²) >= 11 is 0. The molecule has 1 aromatic carbocycles. The zero-order valence-electron chi connectivity index (χ0n) is 9.29. The first-order valence-corrected chi connectivity index (χ1v) is 4.64. The smallest absolute Gasteiger partial charge is 0.124 e. The average molecular weight is 194 g/mol. The number of hydrogen-bond donors (Lipinski definition) is 1. The molecular formula is C11H18N2O. The summed E-state index contributed by atoms with van der Waals surface area (Å²) in [6, 6.07) is 4.21. The van der Waals surface area contributed by atoms with Crippen LogP contribution in [0.5, 0.6) is 5.75 Å². The molecule has 0 bridgehead atoms. The van der Waals surface area contributed by atoms with Crippen molar-refractivity contribution < 1.29 is 4.74 Å². The molecule has 1 rings (SSSR count). The third-order valence-corrected chi connectivity index (χ3v) is 2.16. The molecule has 0 heterocycles. The molecule has 0 saturated heterocycles. The molecule has 78 valence electrons. The monoisotopic (exact) mass is 194 g/mol. The number of benzene rings is 1. The summed E-state index contributed by atoms with van der Waals surface area (Å²) in [5.74, 6) is 6.56. The highest BCUT2D eigenvalue weighted by molar-refractivity contribution is 5.43. The third kappa shape index (κ3) is 2.47. The predicted octanol–water partition coefficient (Wildman–Crippen LogP) is 1.62. The Morgan fingerprint density at radius 1 is 1.29 bits per heavy atom. The number of methoxy groups -OCH3 is 1. The van der Waals surface area contributed by atoms with Crippen LogP contribution in [0, 0.1) is 13.8 Å². The van der Waals surface area contributed by atoms with E-state index in [0.717, 1.165) is 23.4 Å². The van der Waals surface area contributed by atoms with Gasteiger partial charge in [0.25, 0.3) is 0 Å². The van der Waals surface area contributed by atoms with Gasteiger partial charge in [-0.25, -0.2) is 5.01 Å². The standard InChI is InChI=1S/C11H18N2O/c1-8-5-10(7-13(3)12)6-9(2)11(8)14-4/h5-6H,7,12H2,1-4H3. The zero-order chi connectivity index (χ0) is 10.7. The largest absolute Gasteiger partial charge is 0.496 e. The van der Waals surface area contributed by atoms with Crippen molar-refractivity contribution >= 4 is 0 Å². The van der Waals surface area contributed by atoms with Crippen LogP contribution in [0.3, 0.4) is 0 Å². The molecule has 3 nitrogen and oxygen atoms in total. The van der Waals surface area contributed by atoms with Crippen molar-refractivity contribution in [3.63, 3.8) is 0 Å². The molecule has 0 amide bonds. The fourth-order valence-electron chi connectivity index (χ4n) is 1.74. The summed E-state index contributed by atoms with van der Waals surface area (Å²) in [6.45, 7) is 4.85. The van der Waals surface area contributed by atoms with Gasteiger partial charge in [0.05, 0.1) is 7.11 Å². The Morgan fingerprint density at radius 2 is 1.79 bits per heavy atom. The average Bonchev–Trinajstić information content (AvgIpc) is 2.01. The normalized spacial score (nSPS) is 10.7. The number of hydrogen-bond acceptors (Lipinski definition) is 3. The maximum Gasteiger partial charge on any atom is 0.124 e. The van der Waals surface area contributed by atoms with Crippen LogP contribution in [0.4, 0.5) is 0 Å². The van der Waals surface area contributed by atoms with Gasteiger partial charge in [-0.15, -0.1) is 0 Å². The Morgan fingerprint density at radius 3 is 2.14 bits per heavy atom. The van der Waals surface area contributed by atoms with E-state index in [-0.39, 0.29) is 0 Å². The van der Waals surface area contributed by atoms with Crippen molar-refractivity contribution in [1.82, 2.24) is 5.01 Å². The summed E-state index contributed by atoms with van der Waals surface area (Å²) in [5.41, 5.74) is 3.53. The van der Waals surface area contributed by atoms with E-state index in [1.54, 1.807) is 12.1 Å². The summed E-state index contributed by atoms with van der Waals surface area (Å²) in [6.07, 6.45) is 0. The van der Waals surface area contributed by atoms with E-state index in [1.165, 1.54) is 5.56 Å². The molecule has 0 aromatic heterocycles.